The summed E-state index contributed by atoms with van der Waals surface area (Å²) in [6.45, 7) is 5.25. The highest BCUT2D eigenvalue weighted by atomic mass is 16.2. The van der Waals surface area contributed by atoms with Gasteiger partial charge in [0, 0.05) is 18.1 Å². The van der Waals surface area contributed by atoms with Gasteiger partial charge in [-0.25, -0.2) is 4.98 Å². The third-order valence-electron chi connectivity index (χ3n) is 4.62. The molecule has 0 saturated carbocycles. The Labute approximate surface area is 143 Å². The van der Waals surface area contributed by atoms with E-state index < -0.39 is 0 Å². The van der Waals surface area contributed by atoms with Gasteiger partial charge in [0.15, 0.2) is 0 Å². The first-order valence-corrected chi connectivity index (χ1v) is 8.80. The molecule has 1 aliphatic rings. The van der Waals surface area contributed by atoms with Crippen LogP contribution in [0.5, 0.6) is 0 Å². The molecule has 2 heterocycles. The lowest BCUT2D eigenvalue weighted by Gasteiger charge is -2.20. The third kappa shape index (κ3) is 4.45. The molecule has 1 aliphatic heterocycles. The first kappa shape index (κ1) is 16.7. The van der Waals surface area contributed by atoms with Crippen LogP contribution in [0.1, 0.15) is 37.1 Å². The lowest BCUT2D eigenvalue weighted by atomic mass is 10.1. The molecule has 1 aromatic carbocycles. The molecule has 5 heteroatoms. The fraction of sp³-hybridized carbons (Fsp3) is 0.474. The molecule has 1 fully saturated rings. The van der Waals surface area contributed by atoms with Crippen molar-refractivity contribution in [1.29, 1.82) is 0 Å². The molecule has 0 radical (unpaired) electrons. The molecule has 1 saturated heterocycles. The van der Waals surface area contributed by atoms with Crippen LogP contribution < -0.4 is 5.32 Å². The average molecular weight is 326 g/mol. The van der Waals surface area contributed by atoms with E-state index in [1.165, 1.54) is 25.7 Å². The van der Waals surface area contributed by atoms with Crippen LogP contribution in [0.3, 0.4) is 0 Å². The number of hydrogen-bond acceptors (Lipinski definition) is 3. The molecule has 0 unspecified atom stereocenters. The molecule has 1 aromatic heterocycles. The van der Waals surface area contributed by atoms with Crippen LogP contribution in [0.25, 0.3) is 0 Å². The Morgan fingerprint density at radius 3 is 2.62 bits per heavy atom. The molecular formula is C19H26N4O. The van der Waals surface area contributed by atoms with Crippen LogP contribution >= 0.6 is 0 Å². The predicted octanol–water partition coefficient (Wildman–Crippen LogP) is 3.05. The third-order valence-corrected chi connectivity index (χ3v) is 4.62. The number of benzene rings is 1. The van der Waals surface area contributed by atoms with Crippen molar-refractivity contribution in [3.8, 4) is 0 Å². The largest absolute Gasteiger partial charge is 0.331 e. The minimum atomic E-state index is 0.0757. The summed E-state index contributed by atoms with van der Waals surface area (Å²) in [5.41, 5.74) is 1.99. The van der Waals surface area contributed by atoms with Gasteiger partial charge in [0.2, 0.25) is 5.91 Å². The van der Waals surface area contributed by atoms with E-state index in [0.717, 1.165) is 30.2 Å². The number of amides is 1. The maximum atomic E-state index is 12.4. The van der Waals surface area contributed by atoms with Gasteiger partial charge in [-0.05, 0) is 44.5 Å². The number of carbonyl (C=O) groups excluding carboxylic acids is 1. The normalized spacial score (nSPS) is 15.9. The minimum absolute atomic E-state index is 0.0757. The highest BCUT2D eigenvalue weighted by Gasteiger charge is 2.14. The van der Waals surface area contributed by atoms with E-state index in [4.69, 9.17) is 0 Å². The highest BCUT2D eigenvalue weighted by Crippen LogP contribution is 2.17. The van der Waals surface area contributed by atoms with E-state index in [-0.39, 0.29) is 5.91 Å². The fourth-order valence-electron chi connectivity index (χ4n) is 3.22. The lowest BCUT2D eigenvalue weighted by Crippen LogP contribution is -2.34. The maximum absolute atomic E-state index is 12.4. The van der Waals surface area contributed by atoms with Gasteiger partial charge in [-0.2, -0.15) is 0 Å². The second-order valence-corrected chi connectivity index (χ2v) is 6.50. The summed E-state index contributed by atoms with van der Waals surface area (Å²) in [7, 11) is 0. The molecular weight excluding hydrogens is 300 g/mol. The van der Waals surface area contributed by atoms with Crippen molar-refractivity contribution in [2.24, 2.45) is 0 Å². The Hall–Kier alpha value is -2.14. The number of nitrogens with one attached hydrogen (secondary N) is 1. The van der Waals surface area contributed by atoms with Gasteiger partial charge in [0.1, 0.15) is 5.82 Å². The van der Waals surface area contributed by atoms with E-state index in [2.05, 4.69) is 25.8 Å². The molecule has 0 bridgehead atoms. The van der Waals surface area contributed by atoms with Gasteiger partial charge in [-0.1, -0.05) is 31.0 Å². The van der Waals surface area contributed by atoms with Gasteiger partial charge in [0.25, 0.3) is 0 Å². The van der Waals surface area contributed by atoms with Crippen LogP contribution in [0, 0.1) is 6.92 Å². The van der Waals surface area contributed by atoms with Crippen molar-refractivity contribution >= 4 is 11.6 Å². The lowest BCUT2D eigenvalue weighted by molar-refractivity contribution is -0.117. The zero-order valence-electron chi connectivity index (χ0n) is 14.4. The van der Waals surface area contributed by atoms with Crippen molar-refractivity contribution < 1.29 is 4.79 Å². The number of rotatable bonds is 5. The number of aromatic nitrogens is 2. The first-order chi connectivity index (χ1) is 11.7. The molecule has 1 amide bonds. The average Bonchev–Trinajstić information content (AvgIpc) is 2.82. The van der Waals surface area contributed by atoms with Crippen LogP contribution in [-0.4, -0.2) is 40.0 Å². The number of hydrogen-bond donors (Lipinski definition) is 1. The summed E-state index contributed by atoms with van der Waals surface area (Å²) in [4.78, 5) is 19.0. The summed E-state index contributed by atoms with van der Waals surface area (Å²) in [6.07, 6.45) is 8.73. The number of likely N-dealkylation sites (tertiary alicyclic amines) is 1. The summed E-state index contributed by atoms with van der Waals surface area (Å²) in [5, 5.41) is 3.10. The molecule has 5 nitrogen and oxygen atoms in total. The second-order valence-electron chi connectivity index (χ2n) is 6.50. The highest BCUT2D eigenvalue weighted by molar-refractivity contribution is 5.93. The van der Waals surface area contributed by atoms with Gasteiger partial charge >= 0.3 is 0 Å². The quantitative estimate of drug-likeness (QED) is 0.919. The zero-order chi connectivity index (χ0) is 16.8. The minimum Gasteiger partial charge on any atom is -0.331 e. The summed E-state index contributed by atoms with van der Waals surface area (Å²) >= 11 is 0. The molecule has 2 aromatic rings. The standard InChI is InChI=1S/C19H26N4O/c1-16-20-10-13-23(16)14-17-8-4-5-9-18(17)21-19(24)15-22-11-6-2-3-7-12-22/h4-5,8-10,13H,2-3,6-7,11-12,14-15H2,1H3,(H,21,24). The molecule has 3 rings (SSSR count). The number of para-hydroxylation sites is 1. The maximum Gasteiger partial charge on any atom is 0.238 e. The number of imidazole rings is 1. The van der Waals surface area contributed by atoms with Gasteiger partial charge < -0.3 is 9.88 Å². The SMILES string of the molecule is Cc1nccn1Cc1ccccc1NC(=O)CN1CCCCCC1. The monoisotopic (exact) mass is 326 g/mol. The van der Waals surface area contributed by atoms with Crippen LogP contribution in [-0.2, 0) is 11.3 Å². The van der Waals surface area contributed by atoms with Crippen LogP contribution in [0.15, 0.2) is 36.7 Å². The van der Waals surface area contributed by atoms with E-state index in [1.54, 1.807) is 6.20 Å². The first-order valence-electron chi connectivity index (χ1n) is 8.80. The Bertz CT molecular complexity index is 672. The van der Waals surface area contributed by atoms with Gasteiger partial charge in [0.05, 0.1) is 13.1 Å². The molecule has 1 N–H and O–H groups in total. The zero-order valence-corrected chi connectivity index (χ0v) is 14.4. The smallest absolute Gasteiger partial charge is 0.238 e. The molecule has 128 valence electrons. The molecule has 24 heavy (non-hydrogen) atoms. The van der Waals surface area contributed by atoms with Gasteiger partial charge in [-0.15, -0.1) is 0 Å². The molecule has 0 atom stereocenters. The summed E-state index contributed by atoms with van der Waals surface area (Å²) < 4.78 is 2.08. The van der Waals surface area contributed by atoms with Crippen molar-refractivity contribution in [3.63, 3.8) is 0 Å². The Kier molecular flexibility index (Phi) is 5.64. The second kappa shape index (κ2) is 8.11. The summed E-state index contributed by atoms with van der Waals surface area (Å²) in [5.74, 6) is 1.05. The number of carbonyl (C=O) groups is 1. The predicted molar refractivity (Wildman–Crippen MR) is 96.0 cm³/mol. The number of aryl methyl sites for hydroxylation is 1. The molecule has 0 aliphatic carbocycles. The Morgan fingerprint density at radius 2 is 1.92 bits per heavy atom. The van der Waals surface area contributed by atoms with Crippen LogP contribution in [0.4, 0.5) is 5.69 Å². The van der Waals surface area contributed by atoms with Gasteiger partial charge in [-0.3, -0.25) is 9.69 Å². The number of anilines is 1. The topological polar surface area (TPSA) is 50.2 Å². The van der Waals surface area contributed by atoms with E-state index in [0.29, 0.717) is 13.1 Å². The Balaban J connectivity index is 1.64. The van der Waals surface area contributed by atoms with Crippen molar-refractivity contribution in [2.45, 2.75) is 39.2 Å². The van der Waals surface area contributed by atoms with Crippen molar-refractivity contribution in [1.82, 2.24) is 14.5 Å². The van der Waals surface area contributed by atoms with E-state index >= 15 is 0 Å². The van der Waals surface area contributed by atoms with E-state index in [1.807, 2.05) is 31.3 Å². The summed E-state index contributed by atoms with van der Waals surface area (Å²) in [6, 6.07) is 8.00. The Morgan fingerprint density at radius 1 is 1.17 bits per heavy atom. The fourth-order valence-corrected chi connectivity index (χ4v) is 3.22. The molecule has 0 spiro atoms. The number of nitrogens with zero attached hydrogens (tertiary/aromatic N) is 3. The van der Waals surface area contributed by atoms with E-state index in [9.17, 15) is 4.79 Å². The van der Waals surface area contributed by atoms with Crippen LogP contribution in [0.2, 0.25) is 0 Å². The van der Waals surface area contributed by atoms with Crippen molar-refractivity contribution in [2.75, 3.05) is 25.0 Å². The van der Waals surface area contributed by atoms with Crippen molar-refractivity contribution in [3.05, 3.63) is 48.0 Å².